The Morgan fingerprint density at radius 3 is 2.29 bits per heavy atom. The second kappa shape index (κ2) is 6.75. The standard InChI is InChI=1S/C15H29NO/c1-12(14-8-4-5-9-14)16-11-15(17)10-13-6-2-3-7-13/h12-17H,2-11H2,1H3/t12-,15?/m1/s1. The van der Waals surface area contributed by atoms with E-state index < -0.39 is 0 Å². The van der Waals surface area contributed by atoms with Crippen LogP contribution in [0.2, 0.25) is 0 Å². The first-order chi connectivity index (χ1) is 8.25. The number of aliphatic hydroxyl groups excluding tert-OH is 1. The molecule has 0 aromatic heterocycles. The maximum atomic E-state index is 10.0. The molecule has 2 fully saturated rings. The van der Waals surface area contributed by atoms with Gasteiger partial charge in [-0.25, -0.2) is 0 Å². The topological polar surface area (TPSA) is 32.3 Å². The molecule has 2 saturated carbocycles. The molecular formula is C15H29NO. The van der Waals surface area contributed by atoms with E-state index in [9.17, 15) is 5.11 Å². The lowest BCUT2D eigenvalue weighted by Crippen LogP contribution is -2.38. The van der Waals surface area contributed by atoms with E-state index in [1.807, 2.05) is 0 Å². The quantitative estimate of drug-likeness (QED) is 0.746. The van der Waals surface area contributed by atoms with Gasteiger partial charge >= 0.3 is 0 Å². The summed E-state index contributed by atoms with van der Waals surface area (Å²) in [6.07, 6.45) is 11.9. The average Bonchev–Trinajstić information content (AvgIpc) is 2.97. The van der Waals surface area contributed by atoms with Gasteiger partial charge in [-0.15, -0.1) is 0 Å². The van der Waals surface area contributed by atoms with Crippen molar-refractivity contribution in [3.05, 3.63) is 0 Å². The highest BCUT2D eigenvalue weighted by Crippen LogP contribution is 2.29. The average molecular weight is 239 g/mol. The Balaban J connectivity index is 1.59. The summed E-state index contributed by atoms with van der Waals surface area (Å²) in [4.78, 5) is 0. The summed E-state index contributed by atoms with van der Waals surface area (Å²) in [6, 6.07) is 0.593. The molecule has 2 rings (SSSR count). The lowest BCUT2D eigenvalue weighted by Gasteiger charge is -2.23. The van der Waals surface area contributed by atoms with Crippen LogP contribution in [0.1, 0.15) is 64.7 Å². The van der Waals surface area contributed by atoms with Gasteiger partial charge in [0.05, 0.1) is 6.10 Å². The first-order valence-electron chi connectivity index (χ1n) is 7.67. The molecule has 0 aliphatic heterocycles. The van der Waals surface area contributed by atoms with E-state index in [-0.39, 0.29) is 6.10 Å². The highest BCUT2D eigenvalue weighted by molar-refractivity contribution is 4.79. The normalized spacial score (nSPS) is 26.5. The Bertz CT molecular complexity index is 207. The second-order valence-electron chi connectivity index (χ2n) is 6.28. The van der Waals surface area contributed by atoms with Crippen LogP contribution >= 0.6 is 0 Å². The van der Waals surface area contributed by atoms with Crippen molar-refractivity contribution in [2.24, 2.45) is 11.8 Å². The Labute approximate surface area is 106 Å². The van der Waals surface area contributed by atoms with Crippen molar-refractivity contribution in [1.82, 2.24) is 5.32 Å². The molecule has 0 spiro atoms. The molecule has 0 saturated heterocycles. The zero-order valence-corrected chi connectivity index (χ0v) is 11.3. The molecule has 2 heteroatoms. The third-order valence-electron chi connectivity index (χ3n) is 4.86. The molecule has 2 nitrogen and oxygen atoms in total. The first-order valence-corrected chi connectivity index (χ1v) is 7.67. The summed E-state index contributed by atoms with van der Waals surface area (Å²) in [5.74, 6) is 1.65. The molecule has 100 valence electrons. The van der Waals surface area contributed by atoms with Crippen molar-refractivity contribution in [2.75, 3.05) is 6.54 Å². The van der Waals surface area contributed by atoms with Crippen LogP contribution in [0, 0.1) is 11.8 Å². The van der Waals surface area contributed by atoms with Crippen molar-refractivity contribution < 1.29 is 5.11 Å². The Morgan fingerprint density at radius 2 is 1.65 bits per heavy atom. The fourth-order valence-electron chi connectivity index (χ4n) is 3.66. The van der Waals surface area contributed by atoms with Gasteiger partial charge in [-0.1, -0.05) is 38.5 Å². The Hall–Kier alpha value is -0.0800. The molecule has 0 radical (unpaired) electrons. The third-order valence-corrected chi connectivity index (χ3v) is 4.86. The minimum Gasteiger partial charge on any atom is -0.392 e. The summed E-state index contributed by atoms with van der Waals surface area (Å²) in [7, 11) is 0. The fraction of sp³-hybridized carbons (Fsp3) is 1.00. The summed E-state index contributed by atoms with van der Waals surface area (Å²) < 4.78 is 0. The van der Waals surface area contributed by atoms with E-state index >= 15 is 0 Å². The zero-order chi connectivity index (χ0) is 12.1. The molecule has 17 heavy (non-hydrogen) atoms. The highest BCUT2D eigenvalue weighted by Gasteiger charge is 2.23. The van der Waals surface area contributed by atoms with Gasteiger partial charge in [0.2, 0.25) is 0 Å². The second-order valence-corrected chi connectivity index (χ2v) is 6.28. The van der Waals surface area contributed by atoms with Crippen LogP contribution in [0.4, 0.5) is 0 Å². The summed E-state index contributed by atoms with van der Waals surface area (Å²) in [5.41, 5.74) is 0. The minimum atomic E-state index is -0.123. The van der Waals surface area contributed by atoms with Crippen molar-refractivity contribution in [1.29, 1.82) is 0 Å². The number of hydrogen-bond acceptors (Lipinski definition) is 2. The summed E-state index contributed by atoms with van der Waals surface area (Å²) >= 11 is 0. The number of nitrogens with one attached hydrogen (secondary N) is 1. The van der Waals surface area contributed by atoms with Gasteiger partial charge in [-0.2, -0.15) is 0 Å². The van der Waals surface area contributed by atoms with E-state index in [0.29, 0.717) is 6.04 Å². The van der Waals surface area contributed by atoms with Crippen LogP contribution in [0.3, 0.4) is 0 Å². The predicted octanol–water partition coefficient (Wildman–Crippen LogP) is 3.10. The van der Waals surface area contributed by atoms with E-state index in [0.717, 1.165) is 24.8 Å². The maximum absolute atomic E-state index is 10.0. The molecule has 0 amide bonds. The van der Waals surface area contributed by atoms with Gasteiger partial charge in [0.1, 0.15) is 0 Å². The van der Waals surface area contributed by atoms with Crippen LogP contribution in [-0.2, 0) is 0 Å². The van der Waals surface area contributed by atoms with Crippen LogP contribution < -0.4 is 5.32 Å². The largest absolute Gasteiger partial charge is 0.392 e. The van der Waals surface area contributed by atoms with E-state index in [1.54, 1.807) is 0 Å². The van der Waals surface area contributed by atoms with Gasteiger partial charge in [0.15, 0.2) is 0 Å². The lowest BCUT2D eigenvalue weighted by molar-refractivity contribution is 0.134. The maximum Gasteiger partial charge on any atom is 0.0667 e. The molecule has 0 aromatic rings. The van der Waals surface area contributed by atoms with E-state index in [2.05, 4.69) is 12.2 Å². The fourth-order valence-corrected chi connectivity index (χ4v) is 3.66. The SMILES string of the molecule is C[C@@H](NCC(O)CC1CCCC1)C1CCCC1. The lowest BCUT2D eigenvalue weighted by atomic mass is 9.98. The molecule has 0 aromatic carbocycles. The van der Waals surface area contributed by atoms with E-state index in [4.69, 9.17) is 0 Å². The van der Waals surface area contributed by atoms with Gasteiger partial charge in [0, 0.05) is 12.6 Å². The van der Waals surface area contributed by atoms with Gasteiger partial charge in [-0.05, 0) is 38.0 Å². The molecule has 0 heterocycles. The van der Waals surface area contributed by atoms with Crippen LogP contribution in [-0.4, -0.2) is 23.8 Å². The number of hydrogen-bond donors (Lipinski definition) is 2. The van der Waals surface area contributed by atoms with Crippen LogP contribution in [0.15, 0.2) is 0 Å². The molecule has 2 aliphatic rings. The predicted molar refractivity (Wildman–Crippen MR) is 72.0 cm³/mol. The van der Waals surface area contributed by atoms with Gasteiger partial charge in [-0.3, -0.25) is 0 Å². The van der Waals surface area contributed by atoms with Crippen molar-refractivity contribution in [2.45, 2.75) is 76.9 Å². The molecule has 2 N–H and O–H groups in total. The monoisotopic (exact) mass is 239 g/mol. The van der Waals surface area contributed by atoms with Crippen molar-refractivity contribution >= 4 is 0 Å². The zero-order valence-electron chi connectivity index (χ0n) is 11.3. The molecular weight excluding hydrogens is 210 g/mol. The van der Waals surface area contributed by atoms with Crippen molar-refractivity contribution in [3.8, 4) is 0 Å². The molecule has 2 atom stereocenters. The molecule has 1 unspecified atom stereocenters. The summed E-state index contributed by atoms with van der Waals surface area (Å²) in [5, 5.41) is 13.6. The molecule has 2 aliphatic carbocycles. The smallest absolute Gasteiger partial charge is 0.0667 e. The third kappa shape index (κ3) is 4.26. The van der Waals surface area contributed by atoms with Gasteiger partial charge < -0.3 is 10.4 Å². The van der Waals surface area contributed by atoms with E-state index in [1.165, 1.54) is 51.4 Å². The van der Waals surface area contributed by atoms with Gasteiger partial charge in [0.25, 0.3) is 0 Å². The first kappa shape index (κ1) is 13.4. The Kier molecular flexibility index (Phi) is 5.30. The van der Waals surface area contributed by atoms with Crippen molar-refractivity contribution in [3.63, 3.8) is 0 Å². The highest BCUT2D eigenvalue weighted by atomic mass is 16.3. The number of rotatable bonds is 6. The van der Waals surface area contributed by atoms with Crippen LogP contribution in [0.5, 0.6) is 0 Å². The Morgan fingerprint density at radius 1 is 1.06 bits per heavy atom. The number of aliphatic hydroxyl groups is 1. The minimum absolute atomic E-state index is 0.123. The molecule has 0 bridgehead atoms. The van der Waals surface area contributed by atoms with Crippen LogP contribution in [0.25, 0.3) is 0 Å². The summed E-state index contributed by atoms with van der Waals surface area (Å²) in [6.45, 7) is 3.09.